The van der Waals surface area contributed by atoms with E-state index in [9.17, 15) is 10.1 Å². The highest BCUT2D eigenvalue weighted by Gasteiger charge is 2.38. The van der Waals surface area contributed by atoms with Gasteiger partial charge in [-0.3, -0.25) is 10.1 Å². The lowest BCUT2D eigenvalue weighted by Crippen LogP contribution is -2.61. The van der Waals surface area contributed by atoms with Crippen LogP contribution in [-0.2, 0) is 0 Å². The Kier molecular flexibility index (Phi) is 3.39. The summed E-state index contributed by atoms with van der Waals surface area (Å²) in [4.78, 5) is 10.2. The number of benzene rings is 1. The second-order valence-corrected chi connectivity index (χ2v) is 22.3. The molecule has 0 saturated carbocycles. The number of nitro groups is 1. The fourth-order valence-electron chi connectivity index (χ4n) is 1.43. The summed E-state index contributed by atoms with van der Waals surface area (Å²) in [6.45, 7) is 11.8. The van der Waals surface area contributed by atoms with E-state index in [1.54, 1.807) is 12.1 Å². The molecule has 5 heteroatoms. The van der Waals surface area contributed by atoms with Crippen LogP contribution in [0.5, 0.6) is 0 Å². The third kappa shape index (κ3) is 2.41. The molecule has 0 N–H and O–H groups in total. The highest BCUT2D eigenvalue weighted by atomic mass is 29.3. The maximum absolute atomic E-state index is 10.6. The Hall–Kier alpha value is -0.946. The normalized spacial score (nSPS) is 12.6. The minimum absolute atomic E-state index is 0.184. The molecule has 0 heterocycles. The van der Waals surface area contributed by atoms with E-state index in [0.717, 1.165) is 0 Å². The number of hydrogen-bond acceptors (Lipinski definition) is 2. The van der Waals surface area contributed by atoms with Gasteiger partial charge in [0.25, 0.3) is 5.69 Å². The summed E-state index contributed by atoms with van der Waals surface area (Å²) in [5.41, 5.74) is 0.184. The summed E-state index contributed by atoms with van der Waals surface area (Å²) in [7, 11) is -2.62. The second kappa shape index (κ2) is 4.14. The van der Waals surface area contributed by atoms with Gasteiger partial charge in [-0.25, -0.2) is 0 Å². The van der Waals surface area contributed by atoms with Gasteiger partial charge < -0.3 is 0 Å². The van der Waals surface area contributed by atoms with Gasteiger partial charge in [0, 0.05) is 19.7 Å². The molecule has 0 fully saturated rings. The number of hydrogen-bond donors (Lipinski definition) is 0. The molecule has 1 aromatic rings. The molecule has 0 radical (unpaired) electrons. The molecular weight excluding hydrogens is 234 g/mol. The molecule has 0 aliphatic rings. The number of nitrogens with zero attached hydrogens (tertiary/aromatic N) is 1. The lowest BCUT2D eigenvalue weighted by atomic mass is 10.3. The molecule has 0 atom stereocenters. The fourth-order valence-corrected chi connectivity index (χ4v) is 6.40. The Morgan fingerprint density at radius 3 is 1.75 bits per heavy atom. The van der Waals surface area contributed by atoms with Crippen LogP contribution in [0.4, 0.5) is 5.69 Å². The van der Waals surface area contributed by atoms with Crippen LogP contribution in [0, 0.1) is 10.1 Å². The standard InChI is InChI=1S/C11H19NO2Si2/c1-15(2,3)16(4,5)11-8-6-10(7-9-11)12(13)14/h6-9H,1-5H3. The molecule has 0 bridgehead atoms. The maximum Gasteiger partial charge on any atom is 0.269 e. The second-order valence-electron chi connectivity index (χ2n) is 5.68. The average molecular weight is 253 g/mol. The zero-order valence-corrected chi connectivity index (χ0v) is 12.6. The minimum atomic E-state index is -1.42. The van der Waals surface area contributed by atoms with E-state index in [4.69, 9.17) is 0 Å². The molecule has 0 unspecified atom stereocenters. The Balaban J connectivity index is 3.11. The highest BCUT2D eigenvalue weighted by Crippen LogP contribution is 2.19. The largest absolute Gasteiger partial charge is 0.269 e. The molecule has 0 spiro atoms. The van der Waals surface area contributed by atoms with E-state index in [0.29, 0.717) is 0 Å². The van der Waals surface area contributed by atoms with Crippen LogP contribution < -0.4 is 5.19 Å². The topological polar surface area (TPSA) is 43.1 Å². The Bertz CT molecular complexity index is 393. The van der Waals surface area contributed by atoms with Gasteiger partial charge in [0.2, 0.25) is 0 Å². The molecule has 0 amide bonds. The van der Waals surface area contributed by atoms with Crippen molar-refractivity contribution in [1.29, 1.82) is 0 Å². The van der Waals surface area contributed by atoms with E-state index >= 15 is 0 Å². The van der Waals surface area contributed by atoms with Crippen molar-refractivity contribution in [3.63, 3.8) is 0 Å². The van der Waals surface area contributed by atoms with Gasteiger partial charge >= 0.3 is 0 Å². The first-order valence-electron chi connectivity index (χ1n) is 5.41. The molecule has 1 rings (SSSR count). The van der Waals surface area contributed by atoms with E-state index < -0.39 is 15.2 Å². The predicted molar refractivity (Wildman–Crippen MR) is 73.6 cm³/mol. The van der Waals surface area contributed by atoms with Gasteiger partial charge in [0.1, 0.15) is 0 Å². The molecule has 0 aliphatic heterocycles. The van der Waals surface area contributed by atoms with Gasteiger partial charge in [0.15, 0.2) is 0 Å². The fraction of sp³-hybridized carbons (Fsp3) is 0.455. The monoisotopic (exact) mass is 253 g/mol. The molecule has 16 heavy (non-hydrogen) atoms. The van der Waals surface area contributed by atoms with Gasteiger partial charge in [-0.05, 0) is 0 Å². The number of nitro benzene ring substituents is 1. The van der Waals surface area contributed by atoms with E-state index in [1.807, 2.05) is 12.1 Å². The van der Waals surface area contributed by atoms with Crippen molar-refractivity contribution in [2.75, 3.05) is 0 Å². The summed E-state index contributed by atoms with van der Waals surface area (Å²) >= 11 is 0. The molecule has 0 aromatic heterocycles. The SMILES string of the molecule is C[Si](C)(C)[Si](C)(C)c1ccc([N+](=O)[O-])cc1. The smallest absolute Gasteiger partial charge is 0.258 e. The van der Waals surface area contributed by atoms with Crippen molar-refractivity contribution in [3.8, 4) is 0 Å². The van der Waals surface area contributed by atoms with Gasteiger partial charge in [-0.2, -0.15) is 0 Å². The predicted octanol–water partition coefficient (Wildman–Crippen LogP) is 2.93. The summed E-state index contributed by atoms with van der Waals surface area (Å²) < 4.78 is 0. The quantitative estimate of drug-likeness (QED) is 0.472. The van der Waals surface area contributed by atoms with Crippen molar-refractivity contribution in [2.45, 2.75) is 32.7 Å². The lowest BCUT2D eigenvalue weighted by molar-refractivity contribution is -0.384. The zero-order chi connectivity index (χ0) is 12.6. The van der Waals surface area contributed by atoms with Crippen molar-refractivity contribution in [1.82, 2.24) is 0 Å². The first-order valence-corrected chi connectivity index (χ1v) is 12.9. The Morgan fingerprint density at radius 2 is 1.44 bits per heavy atom. The zero-order valence-electron chi connectivity index (χ0n) is 10.6. The van der Waals surface area contributed by atoms with E-state index in [-0.39, 0.29) is 10.6 Å². The maximum atomic E-state index is 10.6. The van der Waals surface area contributed by atoms with E-state index in [1.165, 1.54) is 5.19 Å². The highest BCUT2D eigenvalue weighted by molar-refractivity contribution is 7.45. The van der Waals surface area contributed by atoms with Crippen LogP contribution in [0.1, 0.15) is 0 Å². The summed E-state index contributed by atoms with van der Waals surface area (Å²) in [5, 5.41) is 11.9. The van der Waals surface area contributed by atoms with Crippen LogP contribution in [-0.4, -0.2) is 20.1 Å². The van der Waals surface area contributed by atoms with Gasteiger partial charge in [-0.1, -0.05) is 50.1 Å². The third-order valence-corrected chi connectivity index (χ3v) is 21.3. The molecule has 88 valence electrons. The van der Waals surface area contributed by atoms with Crippen LogP contribution in [0.2, 0.25) is 32.7 Å². The minimum Gasteiger partial charge on any atom is -0.258 e. The summed E-state index contributed by atoms with van der Waals surface area (Å²) in [6, 6.07) is 7.15. The molecule has 3 nitrogen and oxygen atoms in total. The Morgan fingerprint density at radius 1 is 1.00 bits per heavy atom. The Labute approximate surface area is 98.5 Å². The summed E-state index contributed by atoms with van der Waals surface area (Å²) in [6.07, 6.45) is 0. The lowest BCUT2D eigenvalue weighted by Gasteiger charge is -2.35. The molecule has 0 saturated heterocycles. The first-order chi connectivity index (χ1) is 7.16. The van der Waals surface area contributed by atoms with Crippen LogP contribution in [0.3, 0.4) is 0 Å². The van der Waals surface area contributed by atoms with E-state index in [2.05, 4.69) is 32.7 Å². The molecular formula is C11H19NO2Si2. The van der Waals surface area contributed by atoms with Gasteiger partial charge in [0.05, 0.1) is 12.5 Å². The van der Waals surface area contributed by atoms with Crippen LogP contribution >= 0.6 is 0 Å². The third-order valence-electron chi connectivity index (χ3n) is 3.67. The summed E-state index contributed by atoms with van der Waals surface area (Å²) in [5.74, 6) is 0. The van der Waals surface area contributed by atoms with Crippen molar-refractivity contribution < 1.29 is 4.92 Å². The van der Waals surface area contributed by atoms with Crippen LogP contribution in [0.15, 0.2) is 24.3 Å². The first kappa shape index (κ1) is 13.1. The number of rotatable bonds is 3. The average Bonchev–Trinajstić information content (AvgIpc) is 2.16. The molecule has 0 aliphatic carbocycles. The molecule has 1 aromatic carbocycles. The van der Waals surface area contributed by atoms with Crippen molar-refractivity contribution >= 4 is 26.1 Å². The van der Waals surface area contributed by atoms with Gasteiger partial charge in [-0.15, -0.1) is 0 Å². The van der Waals surface area contributed by atoms with Crippen molar-refractivity contribution in [3.05, 3.63) is 34.4 Å². The van der Waals surface area contributed by atoms with Crippen LogP contribution in [0.25, 0.3) is 0 Å². The van der Waals surface area contributed by atoms with Crippen molar-refractivity contribution in [2.24, 2.45) is 0 Å². The number of non-ortho nitro benzene ring substituents is 1.